The van der Waals surface area contributed by atoms with Crippen molar-refractivity contribution in [2.24, 2.45) is 0 Å². The molecule has 2 heterocycles. The van der Waals surface area contributed by atoms with Crippen LogP contribution in [-0.2, 0) is 0 Å². The number of rotatable bonds is 1. The van der Waals surface area contributed by atoms with Gasteiger partial charge in [-0.2, -0.15) is 0 Å². The summed E-state index contributed by atoms with van der Waals surface area (Å²) >= 11 is 3.05. The average Bonchev–Trinajstić information content (AvgIpc) is 2.58. The zero-order valence-electron chi connectivity index (χ0n) is 6.24. The van der Waals surface area contributed by atoms with Crippen LogP contribution in [0.2, 0.25) is 0 Å². The highest BCUT2D eigenvalue weighted by molar-refractivity contribution is 9.10. The summed E-state index contributed by atoms with van der Waals surface area (Å²) in [6.45, 7) is 1.86. The molecule has 12 heavy (non-hydrogen) atoms. The molecular formula is C7H5BrN2O2. The van der Waals surface area contributed by atoms with Crippen molar-refractivity contribution in [2.45, 2.75) is 6.92 Å². The minimum absolute atomic E-state index is 0.353. The van der Waals surface area contributed by atoms with E-state index < -0.39 is 0 Å². The van der Waals surface area contributed by atoms with E-state index in [1.807, 2.05) is 13.0 Å². The number of halogens is 1. The minimum Gasteiger partial charge on any atom is -0.456 e. The Bertz CT molecular complexity index is 355. The van der Waals surface area contributed by atoms with Crippen molar-refractivity contribution >= 4 is 15.9 Å². The molecule has 0 unspecified atom stereocenters. The molecule has 0 spiro atoms. The molecule has 0 N–H and O–H groups in total. The Morgan fingerprint density at radius 2 is 2.08 bits per heavy atom. The largest absolute Gasteiger partial charge is 0.456 e. The molecular weight excluding hydrogens is 224 g/mol. The van der Waals surface area contributed by atoms with Crippen molar-refractivity contribution in [2.75, 3.05) is 0 Å². The van der Waals surface area contributed by atoms with Crippen molar-refractivity contribution in [1.82, 2.24) is 10.2 Å². The van der Waals surface area contributed by atoms with E-state index in [0.29, 0.717) is 16.5 Å². The first-order valence-electron chi connectivity index (χ1n) is 3.31. The second kappa shape index (κ2) is 2.75. The zero-order chi connectivity index (χ0) is 8.55. The van der Waals surface area contributed by atoms with Gasteiger partial charge < -0.3 is 8.83 Å². The predicted molar refractivity (Wildman–Crippen MR) is 44.4 cm³/mol. The van der Waals surface area contributed by atoms with Crippen molar-refractivity contribution in [1.29, 1.82) is 0 Å². The maximum atomic E-state index is 5.27. The quantitative estimate of drug-likeness (QED) is 0.753. The second-order valence-corrected chi connectivity index (χ2v) is 2.95. The predicted octanol–water partition coefficient (Wildman–Crippen LogP) is 2.40. The highest BCUT2D eigenvalue weighted by atomic mass is 79.9. The van der Waals surface area contributed by atoms with Crippen molar-refractivity contribution in [3.8, 4) is 11.7 Å². The first-order valence-corrected chi connectivity index (χ1v) is 4.11. The van der Waals surface area contributed by atoms with Crippen LogP contribution in [0.15, 0.2) is 25.8 Å². The van der Waals surface area contributed by atoms with Crippen molar-refractivity contribution in [3.05, 3.63) is 22.7 Å². The van der Waals surface area contributed by atoms with Crippen LogP contribution < -0.4 is 0 Å². The van der Waals surface area contributed by atoms with Gasteiger partial charge in [0.1, 0.15) is 5.76 Å². The molecule has 0 aliphatic rings. The lowest BCUT2D eigenvalue weighted by atomic mass is 10.4. The molecule has 0 atom stereocenters. The van der Waals surface area contributed by atoms with Gasteiger partial charge in [-0.15, -0.1) is 10.2 Å². The van der Waals surface area contributed by atoms with Gasteiger partial charge in [-0.25, -0.2) is 0 Å². The lowest BCUT2D eigenvalue weighted by molar-refractivity contribution is 0.489. The number of aromatic nitrogens is 2. The molecule has 2 rings (SSSR count). The van der Waals surface area contributed by atoms with Crippen LogP contribution in [0.25, 0.3) is 11.7 Å². The van der Waals surface area contributed by atoms with Crippen molar-refractivity contribution < 1.29 is 8.83 Å². The summed E-state index contributed by atoms with van der Waals surface area (Å²) in [7, 11) is 0. The summed E-state index contributed by atoms with van der Waals surface area (Å²) in [4.78, 5) is 0.353. The van der Waals surface area contributed by atoms with E-state index in [1.165, 1.54) is 0 Å². The maximum absolute atomic E-state index is 5.27. The third-order valence-corrected chi connectivity index (χ3v) is 1.67. The number of aryl methyl sites for hydroxylation is 1. The van der Waals surface area contributed by atoms with Gasteiger partial charge in [-0.05, 0) is 19.1 Å². The Labute approximate surface area is 76.7 Å². The van der Waals surface area contributed by atoms with E-state index in [-0.39, 0.29) is 0 Å². The maximum Gasteiger partial charge on any atom is 0.285 e. The number of furan rings is 1. The Morgan fingerprint density at radius 1 is 1.25 bits per heavy atom. The lowest BCUT2D eigenvalue weighted by Gasteiger charge is -1.84. The highest BCUT2D eigenvalue weighted by Crippen LogP contribution is 2.21. The number of hydrogen-bond acceptors (Lipinski definition) is 4. The van der Waals surface area contributed by atoms with Crippen LogP contribution >= 0.6 is 15.9 Å². The van der Waals surface area contributed by atoms with E-state index in [1.54, 1.807) is 6.07 Å². The molecule has 62 valence electrons. The van der Waals surface area contributed by atoms with E-state index in [4.69, 9.17) is 8.83 Å². The summed E-state index contributed by atoms with van der Waals surface area (Å²) in [6.07, 6.45) is 0. The topological polar surface area (TPSA) is 52.1 Å². The molecule has 4 nitrogen and oxygen atoms in total. The van der Waals surface area contributed by atoms with E-state index >= 15 is 0 Å². The van der Waals surface area contributed by atoms with E-state index in [0.717, 1.165) is 5.76 Å². The van der Waals surface area contributed by atoms with Crippen LogP contribution in [0.3, 0.4) is 0 Å². The Balaban J connectivity index is 2.43. The lowest BCUT2D eigenvalue weighted by Crippen LogP contribution is -1.71. The van der Waals surface area contributed by atoms with Crippen LogP contribution in [0.1, 0.15) is 5.76 Å². The molecule has 0 saturated carbocycles. The summed E-state index contributed by atoms with van der Waals surface area (Å²) in [5.74, 6) is 1.79. The SMILES string of the molecule is Cc1ccc(-c2nnc(Br)o2)o1. The first-order chi connectivity index (χ1) is 5.75. The van der Waals surface area contributed by atoms with Gasteiger partial charge in [0.15, 0.2) is 5.76 Å². The Kier molecular flexibility index (Phi) is 1.73. The number of hydrogen-bond donors (Lipinski definition) is 0. The molecule has 0 aliphatic carbocycles. The third-order valence-electron chi connectivity index (χ3n) is 1.35. The summed E-state index contributed by atoms with van der Waals surface area (Å²) in [5, 5.41) is 7.38. The molecule has 2 aromatic rings. The highest BCUT2D eigenvalue weighted by Gasteiger charge is 2.09. The molecule has 0 fully saturated rings. The average molecular weight is 229 g/mol. The zero-order valence-corrected chi connectivity index (χ0v) is 7.83. The monoisotopic (exact) mass is 228 g/mol. The van der Waals surface area contributed by atoms with Gasteiger partial charge in [-0.3, -0.25) is 0 Å². The van der Waals surface area contributed by atoms with Crippen LogP contribution in [0.5, 0.6) is 0 Å². The fourth-order valence-corrected chi connectivity index (χ4v) is 1.09. The molecule has 5 heteroatoms. The smallest absolute Gasteiger partial charge is 0.285 e. The molecule has 2 aromatic heterocycles. The van der Waals surface area contributed by atoms with E-state index in [2.05, 4.69) is 26.1 Å². The van der Waals surface area contributed by atoms with Gasteiger partial charge in [0.2, 0.25) is 0 Å². The van der Waals surface area contributed by atoms with Crippen LogP contribution in [0.4, 0.5) is 0 Å². The first kappa shape index (κ1) is 7.54. The Hall–Kier alpha value is -1.10. The van der Waals surface area contributed by atoms with Crippen LogP contribution in [0, 0.1) is 6.92 Å². The standard InChI is InChI=1S/C7H5BrN2O2/c1-4-2-3-5(11-4)6-9-10-7(8)12-6/h2-3H,1H3. The molecule has 0 aromatic carbocycles. The van der Waals surface area contributed by atoms with Crippen LogP contribution in [-0.4, -0.2) is 10.2 Å². The molecule has 0 saturated heterocycles. The normalized spacial score (nSPS) is 10.5. The van der Waals surface area contributed by atoms with Gasteiger partial charge in [0, 0.05) is 15.9 Å². The van der Waals surface area contributed by atoms with Crippen molar-refractivity contribution in [3.63, 3.8) is 0 Å². The summed E-state index contributed by atoms with van der Waals surface area (Å²) in [5.41, 5.74) is 0. The fourth-order valence-electron chi connectivity index (χ4n) is 0.854. The molecule has 0 aliphatic heterocycles. The summed E-state index contributed by atoms with van der Waals surface area (Å²) < 4.78 is 10.3. The summed E-state index contributed by atoms with van der Waals surface area (Å²) in [6, 6.07) is 3.63. The second-order valence-electron chi connectivity index (χ2n) is 2.27. The van der Waals surface area contributed by atoms with Gasteiger partial charge in [-0.1, -0.05) is 0 Å². The number of nitrogens with zero attached hydrogens (tertiary/aromatic N) is 2. The minimum atomic E-state index is 0.353. The van der Waals surface area contributed by atoms with Gasteiger partial charge >= 0.3 is 0 Å². The van der Waals surface area contributed by atoms with Gasteiger partial charge in [0.05, 0.1) is 0 Å². The molecule has 0 radical (unpaired) electrons. The molecule has 0 amide bonds. The van der Waals surface area contributed by atoms with E-state index in [9.17, 15) is 0 Å². The molecule has 0 bridgehead atoms. The van der Waals surface area contributed by atoms with Gasteiger partial charge in [0.25, 0.3) is 10.7 Å². The Morgan fingerprint density at radius 3 is 2.58 bits per heavy atom. The fraction of sp³-hybridized carbons (Fsp3) is 0.143. The third kappa shape index (κ3) is 1.27.